The molecular weight excluding hydrogens is 192 g/mol. The molecule has 0 radical (unpaired) electrons. The normalized spacial score (nSPS) is 25.5. The molecule has 0 aromatic carbocycles. The van der Waals surface area contributed by atoms with Crippen molar-refractivity contribution in [3.63, 3.8) is 0 Å². The fourth-order valence-electron chi connectivity index (χ4n) is 2.47. The monoisotopic (exact) mass is 212 g/mol. The molecule has 86 valence electrons. The topological polar surface area (TPSA) is 43.4 Å². The molecule has 3 heteroatoms. The van der Waals surface area contributed by atoms with Gasteiger partial charge in [-0.3, -0.25) is 9.59 Å². The molecule has 0 spiro atoms. The summed E-state index contributed by atoms with van der Waals surface area (Å²) in [5, 5.41) is 0. The molecule has 3 nitrogen and oxygen atoms in total. The molecule has 0 saturated carbocycles. The van der Waals surface area contributed by atoms with E-state index in [-0.39, 0.29) is 29.7 Å². The van der Waals surface area contributed by atoms with Crippen molar-refractivity contribution in [1.29, 1.82) is 0 Å². The Labute approximate surface area is 91.2 Å². The van der Waals surface area contributed by atoms with Crippen LogP contribution in [0.25, 0.3) is 0 Å². The van der Waals surface area contributed by atoms with Crippen molar-refractivity contribution in [2.45, 2.75) is 47.0 Å². The second-order valence-electron chi connectivity index (χ2n) is 5.16. The van der Waals surface area contributed by atoms with Crippen molar-refractivity contribution in [2.75, 3.05) is 0 Å². The van der Waals surface area contributed by atoms with E-state index in [9.17, 15) is 9.59 Å². The number of rotatable bonds is 4. The van der Waals surface area contributed by atoms with Gasteiger partial charge in [-0.25, -0.2) is 0 Å². The third-order valence-corrected chi connectivity index (χ3v) is 3.39. The molecular formula is C12H20O3. The average Bonchev–Trinajstić information content (AvgIpc) is 2.44. The van der Waals surface area contributed by atoms with Gasteiger partial charge in [-0.05, 0) is 24.2 Å². The Hall–Kier alpha value is -0.860. The molecule has 1 aliphatic rings. The molecule has 1 saturated heterocycles. The molecule has 1 rings (SSSR count). The Morgan fingerprint density at radius 2 is 2.07 bits per heavy atom. The molecule has 0 bridgehead atoms. The molecule has 0 aliphatic carbocycles. The first-order valence-corrected chi connectivity index (χ1v) is 5.63. The standard InChI is InChI=1S/C12H20O3/c1-5-12(4,7-8(2)3)9-6-10(13)15-11(9)14/h8-9H,5-7H2,1-4H3. The minimum Gasteiger partial charge on any atom is -0.393 e. The minimum atomic E-state index is -0.367. The van der Waals surface area contributed by atoms with E-state index in [0.717, 1.165) is 12.8 Å². The lowest BCUT2D eigenvalue weighted by Gasteiger charge is -2.33. The molecule has 1 fully saturated rings. The quantitative estimate of drug-likeness (QED) is 0.531. The van der Waals surface area contributed by atoms with Gasteiger partial charge in [0.1, 0.15) is 0 Å². The van der Waals surface area contributed by atoms with Crippen molar-refractivity contribution >= 4 is 11.9 Å². The largest absolute Gasteiger partial charge is 0.393 e. The highest BCUT2D eigenvalue weighted by Crippen LogP contribution is 2.42. The van der Waals surface area contributed by atoms with Crippen molar-refractivity contribution < 1.29 is 14.3 Å². The maximum absolute atomic E-state index is 11.5. The van der Waals surface area contributed by atoms with E-state index in [4.69, 9.17) is 0 Å². The van der Waals surface area contributed by atoms with E-state index in [1.807, 2.05) is 0 Å². The van der Waals surface area contributed by atoms with Crippen LogP contribution in [0.5, 0.6) is 0 Å². The molecule has 15 heavy (non-hydrogen) atoms. The van der Waals surface area contributed by atoms with Gasteiger partial charge in [0.15, 0.2) is 0 Å². The Kier molecular flexibility index (Phi) is 3.53. The number of hydrogen-bond donors (Lipinski definition) is 0. The zero-order valence-corrected chi connectivity index (χ0v) is 10.0. The molecule has 1 aliphatic heterocycles. The lowest BCUT2D eigenvalue weighted by atomic mass is 9.69. The lowest BCUT2D eigenvalue weighted by molar-refractivity contribution is -0.154. The Balaban J connectivity index is 2.81. The first-order chi connectivity index (χ1) is 6.89. The fraction of sp³-hybridized carbons (Fsp3) is 0.833. The number of carbonyl (C=O) groups excluding carboxylic acids is 2. The van der Waals surface area contributed by atoms with Crippen LogP contribution >= 0.6 is 0 Å². The SMILES string of the molecule is CCC(C)(CC(C)C)C1CC(=O)OC1=O. The highest BCUT2D eigenvalue weighted by Gasteiger charge is 2.45. The summed E-state index contributed by atoms with van der Waals surface area (Å²) in [5.74, 6) is -0.408. The van der Waals surface area contributed by atoms with Crippen LogP contribution in [0.15, 0.2) is 0 Å². The number of ether oxygens (including phenoxy) is 1. The molecule has 0 N–H and O–H groups in total. The highest BCUT2D eigenvalue weighted by molar-refractivity contribution is 5.95. The van der Waals surface area contributed by atoms with E-state index < -0.39 is 0 Å². The van der Waals surface area contributed by atoms with Gasteiger partial charge in [0.05, 0.1) is 12.3 Å². The van der Waals surface area contributed by atoms with Crippen LogP contribution in [0.1, 0.15) is 47.0 Å². The van der Waals surface area contributed by atoms with Crippen molar-refractivity contribution in [3.05, 3.63) is 0 Å². The van der Waals surface area contributed by atoms with Crippen LogP contribution in [0.4, 0.5) is 0 Å². The number of hydrogen-bond acceptors (Lipinski definition) is 3. The van der Waals surface area contributed by atoms with Crippen LogP contribution < -0.4 is 0 Å². The van der Waals surface area contributed by atoms with Crippen LogP contribution in [-0.2, 0) is 14.3 Å². The zero-order chi connectivity index (χ0) is 11.6. The minimum absolute atomic E-state index is 0.0998. The van der Waals surface area contributed by atoms with Gasteiger partial charge in [-0.15, -0.1) is 0 Å². The fourth-order valence-corrected chi connectivity index (χ4v) is 2.47. The third kappa shape index (κ3) is 2.58. The third-order valence-electron chi connectivity index (χ3n) is 3.39. The predicted molar refractivity (Wildman–Crippen MR) is 57.1 cm³/mol. The van der Waals surface area contributed by atoms with Gasteiger partial charge >= 0.3 is 11.9 Å². The van der Waals surface area contributed by atoms with Gasteiger partial charge in [0.25, 0.3) is 0 Å². The van der Waals surface area contributed by atoms with Crippen molar-refractivity contribution in [2.24, 2.45) is 17.3 Å². The Morgan fingerprint density at radius 3 is 2.40 bits per heavy atom. The maximum Gasteiger partial charge on any atom is 0.317 e. The molecule has 0 aromatic rings. The summed E-state index contributed by atoms with van der Waals surface area (Å²) in [4.78, 5) is 22.6. The molecule has 2 atom stereocenters. The van der Waals surface area contributed by atoms with E-state index in [1.54, 1.807) is 0 Å². The molecule has 0 aromatic heterocycles. The molecule has 0 amide bonds. The summed E-state index contributed by atoms with van der Waals surface area (Å²) >= 11 is 0. The highest BCUT2D eigenvalue weighted by atomic mass is 16.6. The second kappa shape index (κ2) is 4.33. The Bertz CT molecular complexity index is 270. The van der Waals surface area contributed by atoms with E-state index >= 15 is 0 Å². The predicted octanol–water partition coefficient (Wildman–Crippen LogP) is 2.54. The van der Waals surface area contributed by atoms with Crippen LogP contribution in [0.3, 0.4) is 0 Å². The number of carbonyl (C=O) groups is 2. The summed E-state index contributed by atoms with van der Waals surface area (Å²) in [5.41, 5.74) is -0.0998. The second-order valence-corrected chi connectivity index (χ2v) is 5.16. The summed E-state index contributed by atoms with van der Waals surface area (Å²) < 4.78 is 4.63. The van der Waals surface area contributed by atoms with Gasteiger partial charge < -0.3 is 4.74 Å². The smallest absolute Gasteiger partial charge is 0.317 e. The van der Waals surface area contributed by atoms with Crippen LogP contribution in [0, 0.1) is 17.3 Å². The summed E-state index contributed by atoms with van der Waals surface area (Å²) in [6.45, 7) is 8.42. The Morgan fingerprint density at radius 1 is 1.47 bits per heavy atom. The summed E-state index contributed by atoms with van der Waals surface area (Å²) in [6, 6.07) is 0. The average molecular weight is 212 g/mol. The first kappa shape index (κ1) is 12.2. The zero-order valence-electron chi connectivity index (χ0n) is 10.0. The molecule has 2 unspecified atom stereocenters. The first-order valence-electron chi connectivity index (χ1n) is 5.63. The lowest BCUT2D eigenvalue weighted by Crippen LogP contribution is -2.31. The van der Waals surface area contributed by atoms with E-state index in [0.29, 0.717) is 5.92 Å². The van der Waals surface area contributed by atoms with Crippen LogP contribution in [-0.4, -0.2) is 11.9 Å². The van der Waals surface area contributed by atoms with Gasteiger partial charge in [-0.1, -0.05) is 27.7 Å². The van der Waals surface area contributed by atoms with Crippen molar-refractivity contribution in [3.8, 4) is 0 Å². The van der Waals surface area contributed by atoms with Crippen LogP contribution in [0.2, 0.25) is 0 Å². The number of cyclic esters (lactones) is 2. The number of esters is 2. The van der Waals surface area contributed by atoms with E-state index in [1.165, 1.54) is 0 Å². The van der Waals surface area contributed by atoms with Gasteiger partial charge in [0.2, 0.25) is 0 Å². The summed E-state index contributed by atoms with van der Waals surface area (Å²) in [6.07, 6.45) is 2.12. The molecule has 1 heterocycles. The van der Waals surface area contributed by atoms with Crippen molar-refractivity contribution in [1.82, 2.24) is 0 Å². The van der Waals surface area contributed by atoms with Gasteiger partial charge in [0, 0.05) is 0 Å². The maximum atomic E-state index is 11.5. The van der Waals surface area contributed by atoms with E-state index in [2.05, 4.69) is 32.4 Å². The summed E-state index contributed by atoms with van der Waals surface area (Å²) in [7, 11) is 0. The van der Waals surface area contributed by atoms with Gasteiger partial charge in [-0.2, -0.15) is 0 Å².